The fourth-order valence-electron chi connectivity index (χ4n) is 3.08. The molecule has 2 aromatic rings. The van der Waals surface area contributed by atoms with Gasteiger partial charge in [0.1, 0.15) is 5.82 Å². The first kappa shape index (κ1) is 17.3. The van der Waals surface area contributed by atoms with Crippen LogP contribution in [0.25, 0.3) is 0 Å². The first-order valence-corrected chi connectivity index (χ1v) is 9.69. The number of piperidine rings is 1. The van der Waals surface area contributed by atoms with Crippen molar-refractivity contribution in [3.05, 3.63) is 53.7 Å². The van der Waals surface area contributed by atoms with Crippen molar-refractivity contribution in [3.63, 3.8) is 0 Å². The number of aliphatic hydroxyl groups is 1. The van der Waals surface area contributed by atoms with Gasteiger partial charge in [0.25, 0.3) is 0 Å². The molecule has 1 aliphatic heterocycles. The summed E-state index contributed by atoms with van der Waals surface area (Å²) in [6.07, 6.45) is 5.60. The lowest BCUT2D eigenvalue weighted by atomic mass is 10.1. The van der Waals surface area contributed by atoms with E-state index in [0.29, 0.717) is 6.54 Å². The molecule has 0 amide bonds. The van der Waals surface area contributed by atoms with Crippen molar-refractivity contribution in [1.82, 2.24) is 10.3 Å². The molecule has 128 valence electrons. The van der Waals surface area contributed by atoms with Crippen molar-refractivity contribution in [2.75, 3.05) is 24.2 Å². The van der Waals surface area contributed by atoms with Crippen LogP contribution in [0, 0.1) is 0 Å². The quantitative estimate of drug-likeness (QED) is 0.790. The van der Waals surface area contributed by atoms with Crippen LogP contribution in [-0.4, -0.2) is 35.5 Å². The maximum atomic E-state index is 9.91. The number of hydrogen-bond acceptors (Lipinski definition) is 5. The van der Waals surface area contributed by atoms with E-state index in [2.05, 4.69) is 51.8 Å². The predicted molar refractivity (Wildman–Crippen MR) is 100 cm³/mol. The molecule has 0 saturated carbocycles. The molecule has 1 aromatic heterocycles. The van der Waals surface area contributed by atoms with Crippen LogP contribution >= 0.6 is 11.8 Å². The number of hydrogen-bond donors (Lipinski definition) is 2. The highest BCUT2D eigenvalue weighted by Gasteiger charge is 2.20. The Labute approximate surface area is 148 Å². The number of aliphatic hydroxyl groups excluding tert-OH is 1. The molecule has 1 saturated heterocycles. The number of thioether (sulfide) groups is 1. The fourth-order valence-corrected chi connectivity index (χ4v) is 3.49. The Bertz CT molecular complexity index is 647. The standard InChI is InChI=1S/C19H25N3OS/c1-24-18-8-6-15(7-9-18)12-20-13-16-4-2-10-21-19(16)22-11-3-5-17(23)14-22/h2,4,6-10,17,20,23H,3,5,11-14H2,1H3/t17-/m0/s1. The number of pyridine rings is 1. The minimum Gasteiger partial charge on any atom is -0.391 e. The van der Waals surface area contributed by atoms with E-state index in [4.69, 9.17) is 0 Å². The van der Waals surface area contributed by atoms with Crippen LogP contribution in [0.4, 0.5) is 5.82 Å². The van der Waals surface area contributed by atoms with Gasteiger partial charge in [0.15, 0.2) is 0 Å². The SMILES string of the molecule is CSc1ccc(CNCc2cccnc2N2CCC[C@H](O)C2)cc1. The molecule has 0 radical (unpaired) electrons. The zero-order valence-corrected chi connectivity index (χ0v) is 14.9. The summed E-state index contributed by atoms with van der Waals surface area (Å²) in [5, 5.41) is 13.4. The first-order chi connectivity index (χ1) is 11.8. The molecule has 0 spiro atoms. The van der Waals surface area contributed by atoms with E-state index >= 15 is 0 Å². The van der Waals surface area contributed by atoms with Crippen LogP contribution in [0.5, 0.6) is 0 Å². The summed E-state index contributed by atoms with van der Waals surface area (Å²) in [5.41, 5.74) is 2.47. The van der Waals surface area contributed by atoms with Crippen molar-refractivity contribution in [3.8, 4) is 0 Å². The van der Waals surface area contributed by atoms with Gasteiger partial charge in [0.2, 0.25) is 0 Å². The van der Waals surface area contributed by atoms with E-state index in [-0.39, 0.29) is 6.10 Å². The molecule has 1 aromatic carbocycles. The second-order valence-electron chi connectivity index (χ2n) is 6.18. The number of aromatic nitrogens is 1. The van der Waals surface area contributed by atoms with E-state index in [1.807, 2.05) is 12.3 Å². The largest absolute Gasteiger partial charge is 0.391 e. The maximum absolute atomic E-state index is 9.91. The summed E-state index contributed by atoms with van der Waals surface area (Å²) in [5.74, 6) is 1.00. The lowest BCUT2D eigenvalue weighted by Gasteiger charge is -2.32. The lowest BCUT2D eigenvalue weighted by Crippen LogP contribution is -2.39. The van der Waals surface area contributed by atoms with Gasteiger partial charge in [0.05, 0.1) is 6.10 Å². The second kappa shape index (κ2) is 8.51. The summed E-state index contributed by atoms with van der Waals surface area (Å²) in [6.45, 7) is 3.27. The summed E-state index contributed by atoms with van der Waals surface area (Å²) < 4.78 is 0. The van der Waals surface area contributed by atoms with Gasteiger partial charge >= 0.3 is 0 Å². The minimum absolute atomic E-state index is 0.239. The van der Waals surface area contributed by atoms with Crippen molar-refractivity contribution >= 4 is 17.6 Å². The molecule has 0 bridgehead atoms. The number of benzene rings is 1. The number of anilines is 1. The smallest absolute Gasteiger partial charge is 0.133 e. The molecule has 4 nitrogen and oxygen atoms in total. The Hall–Kier alpha value is -1.56. The molecular formula is C19H25N3OS. The van der Waals surface area contributed by atoms with Gasteiger partial charge in [0, 0.05) is 42.8 Å². The zero-order valence-electron chi connectivity index (χ0n) is 14.1. The molecule has 1 aliphatic rings. The highest BCUT2D eigenvalue weighted by molar-refractivity contribution is 7.98. The van der Waals surface area contributed by atoms with Gasteiger partial charge in [-0.3, -0.25) is 0 Å². The van der Waals surface area contributed by atoms with Crippen LogP contribution < -0.4 is 10.2 Å². The summed E-state index contributed by atoms with van der Waals surface area (Å²) >= 11 is 1.76. The van der Waals surface area contributed by atoms with Gasteiger partial charge in [-0.25, -0.2) is 4.98 Å². The van der Waals surface area contributed by atoms with Gasteiger partial charge in [-0.15, -0.1) is 11.8 Å². The van der Waals surface area contributed by atoms with Crippen LogP contribution in [0.15, 0.2) is 47.5 Å². The molecule has 2 N–H and O–H groups in total. The first-order valence-electron chi connectivity index (χ1n) is 8.47. The molecule has 0 aliphatic carbocycles. The summed E-state index contributed by atoms with van der Waals surface area (Å²) in [7, 11) is 0. The van der Waals surface area contributed by atoms with E-state index in [0.717, 1.165) is 38.3 Å². The van der Waals surface area contributed by atoms with Crippen LogP contribution in [0.1, 0.15) is 24.0 Å². The Morgan fingerprint density at radius 1 is 1.25 bits per heavy atom. The summed E-state index contributed by atoms with van der Waals surface area (Å²) in [4.78, 5) is 8.05. The van der Waals surface area contributed by atoms with Gasteiger partial charge in [-0.2, -0.15) is 0 Å². The third-order valence-electron chi connectivity index (χ3n) is 4.37. The van der Waals surface area contributed by atoms with Gasteiger partial charge in [-0.1, -0.05) is 18.2 Å². The third kappa shape index (κ3) is 4.50. The van der Waals surface area contributed by atoms with Gasteiger partial charge in [-0.05, 0) is 42.9 Å². The van der Waals surface area contributed by atoms with Gasteiger partial charge < -0.3 is 15.3 Å². The lowest BCUT2D eigenvalue weighted by molar-refractivity contribution is 0.154. The highest BCUT2D eigenvalue weighted by atomic mass is 32.2. The molecular weight excluding hydrogens is 318 g/mol. The third-order valence-corrected chi connectivity index (χ3v) is 5.11. The number of β-amino-alcohol motifs (C(OH)–C–C–N with tert-alkyl or cyclic N) is 1. The second-order valence-corrected chi connectivity index (χ2v) is 7.06. The van der Waals surface area contributed by atoms with Crippen molar-refractivity contribution in [1.29, 1.82) is 0 Å². The Balaban J connectivity index is 1.60. The van der Waals surface area contributed by atoms with Crippen LogP contribution in [-0.2, 0) is 13.1 Å². The van der Waals surface area contributed by atoms with E-state index < -0.39 is 0 Å². The average molecular weight is 343 g/mol. The number of rotatable bonds is 6. The Morgan fingerprint density at radius 3 is 2.83 bits per heavy atom. The zero-order chi connectivity index (χ0) is 16.8. The number of nitrogens with zero attached hydrogens (tertiary/aromatic N) is 2. The average Bonchev–Trinajstić information content (AvgIpc) is 2.63. The summed E-state index contributed by atoms with van der Waals surface area (Å²) in [6, 6.07) is 12.8. The molecule has 24 heavy (non-hydrogen) atoms. The predicted octanol–water partition coefficient (Wildman–Crippen LogP) is 3.05. The van der Waals surface area contributed by atoms with E-state index in [9.17, 15) is 5.11 Å². The molecule has 1 fully saturated rings. The fraction of sp³-hybridized carbons (Fsp3) is 0.421. The van der Waals surface area contributed by atoms with Crippen molar-refractivity contribution in [2.45, 2.75) is 36.9 Å². The maximum Gasteiger partial charge on any atom is 0.133 e. The van der Waals surface area contributed by atoms with Crippen molar-refractivity contribution < 1.29 is 5.11 Å². The Kier molecular flexibility index (Phi) is 6.12. The monoisotopic (exact) mass is 343 g/mol. The molecule has 5 heteroatoms. The van der Waals surface area contributed by atoms with E-state index in [1.54, 1.807) is 11.8 Å². The Morgan fingerprint density at radius 2 is 2.08 bits per heavy atom. The van der Waals surface area contributed by atoms with E-state index in [1.165, 1.54) is 16.0 Å². The van der Waals surface area contributed by atoms with Crippen molar-refractivity contribution in [2.24, 2.45) is 0 Å². The van der Waals surface area contributed by atoms with Crippen LogP contribution in [0.2, 0.25) is 0 Å². The number of nitrogens with one attached hydrogen (secondary N) is 1. The molecule has 0 unspecified atom stereocenters. The molecule has 3 rings (SSSR count). The molecule has 1 atom stereocenters. The highest BCUT2D eigenvalue weighted by Crippen LogP contribution is 2.22. The normalized spacial score (nSPS) is 17.9. The van der Waals surface area contributed by atoms with Crippen LogP contribution in [0.3, 0.4) is 0 Å². The minimum atomic E-state index is -0.239. The topological polar surface area (TPSA) is 48.4 Å². The molecule has 2 heterocycles.